The fourth-order valence-corrected chi connectivity index (χ4v) is 2.11. The number of aromatic nitrogens is 1. The summed E-state index contributed by atoms with van der Waals surface area (Å²) >= 11 is 0. The highest BCUT2D eigenvalue weighted by Gasteiger charge is 2.08. The fourth-order valence-electron chi connectivity index (χ4n) is 2.11. The van der Waals surface area contributed by atoms with Gasteiger partial charge in [-0.2, -0.15) is 0 Å². The van der Waals surface area contributed by atoms with Crippen LogP contribution in [0.25, 0.3) is 16.6 Å². The number of ether oxygens (including phenoxy) is 1. The Morgan fingerprint density at radius 2 is 1.59 bits per heavy atom. The molecule has 1 aromatic heterocycles. The van der Waals surface area contributed by atoms with Crippen molar-refractivity contribution in [3.05, 3.63) is 60.8 Å². The van der Waals surface area contributed by atoms with Crippen LogP contribution in [-0.2, 0) is 0 Å². The lowest BCUT2D eigenvalue weighted by molar-refractivity contribution is 0.419. The zero-order chi connectivity index (χ0) is 11.7. The van der Waals surface area contributed by atoms with E-state index in [0.717, 1.165) is 22.3 Å². The second-order valence-corrected chi connectivity index (χ2v) is 3.92. The Morgan fingerprint density at radius 3 is 2.35 bits per heavy atom. The number of para-hydroxylation sites is 2. The summed E-state index contributed by atoms with van der Waals surface area (Å²) in [5, 5.41) is 1.14. The van der Waals surface area contributed by atoms with Crippen LogP contribution in [0, 0.1) is 0 Å². The lowest BCUT2D eigenvalue weighted by Crippen LogP contribution is -1.90. The second kappa shape index (κ2) is 3.98. The summed E-state index contributed by atoms with van der Waals surface area (Å²) in [4.78, 5) is 0. The van der Waals surface area contributed by atoms with Gasteiger partial charge in [-0.15, -0.1) is 0 Å². The van der Waals surface area contributed by atoms with Crippen LogP contribution in [0.15, 0.2) is 60.8 Å². The molecule has 0 saturated carbocycles. The second-order valence-electron chi connectivity index (χ2n) is 3.92. The van der Waals surface area contributed by atoms with Gasteiger partial charge in [-0.05, 0) is 24.3 Å². The highest BCUT2D eigenvalue weighted by atomic mass is 16.5. The summed E-state index contributed by atoms with van der Waals surface area (Å²) in [5.74, 6) is 0.907. The van der Waals surface area contributed by atoms with Gasteiger partial charge in [-0.3, -0.25) is 0 Å². The molecule has 0 aliphatic carbocycles. The average Bonchev–Trinajstić information content (AvgIpc) is 2.78. The molecule has 0 bridgehead atoms. The molecule has 2 aromatic carbocycles. The number of rotatable bonds is 2. The van der Waals surface area contributed by atoms with E-state index in [1.54, 1.807) is 7.11 Å². The van der Waals surface area contributed by atoms with Crippen molar-refractivity contribution in [3.63, 3.8) is 0 Å². The molecule has 0 N–H and O–H groups in total. The van der Waals surface area contributed by atoms with Crippen molar-refractivity contribution in [2.75, 3.05) is 7.11 Å². The largest absolute Gasteiger partial charge is 0.494 e. The van der Waals surface area contributed by atoms with E-state index in [9.17, 15) is 0 Å². The third-order valence-corrected chi connectivity index (χ3v) is 2.93. The zero-order valence-corrected chi connectivity index (χ0v) is 9.63. The first-order chi connectivity index (χ1) is 8.40. The summed E-state index contributed by atoms with van der Waals surface area (Å²) in [5.41, 5.74) is 2.31. The molecule has 2 nitrogen and oxygen atoms in total. The molecule has 1 heterocycles. The van der Waals surface area contributed by atoms with Crippen LogP contribution in [0.5, 0.6) is 5.75 Å². The van der Waals surface area contributed by atoms with Crippen molar-refractivity contribution in [1.82, 2.24) is 4.57 Å². The maximum Gasteiger partial charge on any atom is 0.144 e. The van der Waals surface area contributed by atoms with Crippen LogP contribution >= 0.6 is 0 Å². The lowest BCUT2D eigenvalue weighted by atomic mass is 10.2. The standard InChI is InChI=1S/C15H13NO/c1-17-15-11-16(12-7-3-2-4-8-12)14-10-6-5-9-13(14)15/h2-11H,1H3. The number of hydrogen-bond donors (Lipinski definition) is 0. The van der Waals surface area contributed by atoms with E-state index in [0.29, 0.717) is 0 Å². The maximum absolute atomic E-state index is 5.41. The van der Waals surface area contributed by atoms with Gasteiger partial charge in [0, 0.05) is 11.1 Å². The van der Waals surface area contributed by atoms with Crippen molar-refractivity contribution in [2.45, 2.75) is 0 Å². The molecule has 0 fully saturated rings. The topological polar surface area (TPSA) is 14.2 Å². The van der Waals surface area contributed by atoms with Crippen molar-refractivity contribution in [1.29, 1.82) is 0 Å². The third kappa shape index (κ3) is 1.58. The van der Waals surface area contributed by atoms with Gasteiger partial charge in [0.2, 0.25) is 0 Å². The molecule has 0 atom stereocenters. The molecule has 84 valence electrons. The first kappa shape index (κ1) is 9.97. The average molecular weight is 223 g/mol. The van der Waals surface area contributed by atoms with Crippen molar-refractivity contribution in [3.8, 4) is 11.4 Å². The Hall–Kier alpha value is -2.22. The van der Waals surface area contributed by atoms with E-state index in [-0.39, 0.29) is 0 Å². The minimum absolute atomic E-state index is 0.907. The minimum Gasteiger partial charge on any atom is -0.494 e. The molecule has 3 rings (SSSR count). The molecule has 0 radical (unpaired) electrons. The molecule has 0 unspecified atom stereocenters. The van der Waals surface area contributed by atoms with Crippen LogP contribution in [0.4, 0.5) is 0 Å². The molecule has 17 heavy (non-hydrogen) atoms. The van der Waals surface area contributed by atoms with Crippen LogP contribution in [0.1, 0.15) is 0 Å². The van der Waals surface area contributed by atoms with E-state index in [1.807, 2.05) is 36.5 Å². The van der Waals surface area contributed by atoms with Gasteiger partial charge < -0.3 is 9.30 Å². The molecule has 0 saturated heterocycles. The van der Waals surface area contributed by atoms with Gasteiger partial charge in [0.15, 0.2) is 0 Å². The molecular formula is C15H13NO. The minimum atomic E-state index is 0.907. The number of benzene rings is 2. The highest BCUT2D eigenvalue weighted by Crippen LogP contribution is 2.29. The number of hydrogen-bond acceptors (Lipinski definition) is 1. The summed E-state index contributed by atoms with van der Waals surface area (Å²) < 4.78 is 7.56. The molecule has 3 aromatic rings. The molecule has 0 spiro atoms. The Kier molecular flexibility index (Phi) is 2.33. The molecule has 0 aliphatic heterocycles. The zero-order valence-electron chi connectivity index (χ0n) is 9.63. The molecule has 0 aliphatic rings. The highest BCUT2D eigenvalue weighted by molar-refractivity contribution is 5.88. The summed E-state index contributed by atoms with van der Waals surface area (Å²) in [6.07, 6.45) is 2.03. The van der Waals surface area contributed by atoms with Gasteiger partial charge in [0.25, 0.3) is 0 Å². The van der Waals surface area contributed by atoms with Gasteiger partial charge in [-0.1, -0.05) is 30.3 Å². The summed E-state index contributed by atoms with van der Waals surface area (Å²) in [6.45, 7) is 0. The fraction of sp³-hybridized carbons (Fsp3) is 0.0667. The predicted molar refractivity (Wildman–Crippen MR) is 69.8 cm³/mol. The maximum atomic E-state index is 5.41. The number of fused-ring (bicyclic) bond motifs is 1. The van der Waals surface area contributed by atoms with Crippen molar-refractivity contribution < 1.29 is 4.74 Å². The van der Waals surface area contributed by atoms with Crippen molar-refractivity contribution in [2.24, 2.45) is 0 Å². The smallest absolute Gasteiger partial charge is 0.144 e. The first-order valence-electron chi connectivity index (χ1n) is 5.59. The van der Waals surface area contributed by atoms with Crippen molar-refractivity contribution >= 4 is 10.9 Å². The van der Waals surface area contributed by atoms with E-state index in [2.05, 4.69) is 28.8 Å². The Morgan fingerprint density at radius 1 is 0.882 bits per heavy atom. The number of methoxy groups -OCH3 is 1. The van der Waals surface area contributed by atoms with E-state index < -0.39 is 0 Å². The van der Waals surface area contributed by atoms with E-state index >= 15 is 0 Å². The number of nitrogens with zero attached hydrogens (tertiary/aromatic N) is 1. The van der Waals surface area contributed by atoms with E-state index in [1.165, 1.54) is 0 Å². The van der Waals surface area contributed by atoms with Gasteiger partial charge in [-0.25, -0.2) is 0 Å². The molecule has 2 heteroatoms. The third-order valence-electron chi connectivity index (χ3n) is 2.93. The first-order valence-corrected chi connectivity index (χ1v) is 5.59. The Bertz CT molecular complexity index is 640. The van der Waals surface area contributed by atoms with Crippen LogP contribution < -0.4 is 4.74 Å². The quantitative estimate of drug-likeness (QED) is 0.647. The van der Waals surface area contributed by atoms with Gasteiger partial charge >= 0.3 is 0 Å². The Labute approximate surface area is 100 Å². The predicted octanol–water partition coefficient (Wildman–Crippen LogP) is 3.64. The van der Waals surface area contributed by atoms with Crippen LogP contribution in [0.2, 0.25) is 0 Å². The molecular weight excluding hydrogens is 210 g/mol. The SMILES string of the molecule is COc1cn(-c2ccccc2)c2ccccc12. The van der Waals surface area contributed by atoms with E-state index in [4.69, 9.17) is 4.74 Å². The normalized spacial score (nSPS) is 10.6. The van der Waals surface area contributed by atoms with Crippen LogP contribution in [-0.4, -0.2) is 11.7 Å². The Balaban J connectivity index is 2.31. The monoisotopic (exact) mass is 223 g/mol. The summed E-state index contributed by atoms with van der Waals surface area (Å²) in [6, 6.07) is 18.5. The lowest BCUT2D eigenvalue weighted by Gasteiger charge is -2.03. The molecule has 0 amide bonds. The van der Waals surface area contributed by atoms with Gasteiger partial charge in [0.1, 0.15) is 5.75 Å². The van der Waals surface area contributed by atoms with Crippen LogP contribution in [0.3, 0.4) is 0 Å². The van der Waals surface area contributed by atoms with Gasteiger partial charge in [0.05, 0.1) is 18.8 Å². The summed E-state index contributed by atoms with van der Waals surface area (Å²) in [7, 11) is 1.71.